The van der Waals surface area contributed by atoms with Gasteiger partial charge in [0, 0.05) is 42.3 Å². The molecule has 5 nitrogen and oxygen atoms in total. The molecular weight excluding hydrogens is 398 g/mol. The Morgan fingerprint density at radius 2 is 1.87 bits per heavy atom. The summed E-state index contributed by atoms with van der Waals surface area (Å²) in [5.41, 5.74) is 3.65. The third kappa shape index (κ3) is 4.59. The topological polar surface area (TPSA) is 45.1 Å². The van der Waals surface area contributed by atoms with Gasteiger partial charge < -0.3 is 9.64 Å². The summed E-state index contributed by atoms with van der Waals surface area (Å²) < 4.78 is 5.46. The van der Waals surface area contributed by atoms with Crippen molar-refractivity contribution < 1.29 is 9.53 Å². The van der Waals surface area contributed by atoms with Gasteiger partial charge in [-0.05, 0) is 24.6 Å². The minimum absolute atomic E-state index is 0.0691. The normalized spacial score (nSPS) is 19.9. The molecule has 4 rings (SSSR count). The molecule has 0 spiro atoms. The first-order chi connectivity index (χ1) is 14.7. The van der Waals surface area contributed by atoms with Crippen molar-refractivity contribution >= 4 is 28.9 Å². The quantitative estimate of drug-likeness (QED) is 0.702. The van der Waals surface area contributed by atoms with E-state index in [1.54, 1.807) is 0 Å². The molecule has 0 N–H and O–H groups in total. The van der Waals surface area contributed by atoms with Gasteiger partial charge in [-0.3, -0.25) is 14.7 Å². The van der Waals surface area contributed by atoms with Crippen molar-refractivity contribution in [1.82, 2.24) is 4.90 Å². The van der Waals surface area contributed by atoms with E-state index in [1.165, 1.54) is 0 Å². The molecule has 158 valence electrons. The van der Waals surface area contributed by atoms with E-state index >= 15 is 0 Å². The fourth-order valence-corrected chi connectivity index (χ4v) is 4.27. The maximum atomic E-state index is 13.6. The summed E-state index contributed by atoms with van der Waals surface area (Å²) in [6.45, 7) is 6.85. The summed E-state index contributed by atoms with van der Waals surface area (Å²) in [6, 6.07) is 15.4. The molecule has 0 saturated carbocycles. The molecule has 30 heavy (non-hydrogen) atoms. The number of anilines is 1. The molecule has 2 heterocycles. The van der Waals surface area contributed by atoms with Gasteiger partial charge in [0.05, 0.1) is 24.6 Å². The fourth-order valence-electron chi connectivity index (χ4n) is 4.10. The van der Waals surface area contributed by atoms with E-state index < -0.39 is 0 Å². The van der Waals surface area contributed by atoms with E-state index in [0.717, 1.165) is 68.2 Å². The van der Waals surface area contributed by atoms with E-state index in [-0.39, 0.29) is 11.9 Å². The van der Waals surface area contributed by atoms with Crippen molar-refractivity contribution in [2.75, 3.05) is 44.3 Å². The second-order valence-corrected chi connectivity index (χ2v) is 8.19. The van der Waals surface area contributed by atoms with Gasteiger partial charge in [0.2, 0.25) is 0 Å². The molecule has 2 aliphatic rings. The molecule has 2 aliphatic heterocycles. The highest BCUT2D eigenvalue weighted by molar-refractivity contribution is 6.32. The average molecular weight is 426 g/mol. The molecule has 6 heteroatoms. The Labute approximate surface area is 183 Å². The Morgan fingerprint density at radius 3 is 2.60 bits per heavy atom. The smallest absolute Gasteiger partial charge is 0.251 e. The monoisotopic (exact) mass is 425 g/mol. The van der Waals surface area contributed by atoms with Gasteiger partial charge in [0.15, 0.2) is 0 Å². The third-order valence-corrected chi connectivity index (χ3v) is 5.93. The molecule has 1 amide bonds. The lowest BCUT2D eigenvalue weighted by atomic mass is 10.00. The number of benzodiazepines with no additional fused rings is 1. The van der Waals surface area contributed by atoms with Crippen LogP contribution in [0.2, 0.25) is 5.02 Å². The number of carbonyl (C=O) groups excluding carboxylic acids is 1. The molecule has 1 fully saturated rings. The lowest BCUT2D eigenvalue weighted by Crippen LogP contribution is -2.45. The van der Waals surface area contributed by atoms with Crippen LogP contribution in [-0.4, -0.2) is 62.0 Å². The maximum Gasteiger partial charge on any atom is 0.251 e. The van der Waals surface area contributed by atoms with Crippen LogP contribution in [0.15, 0.2) is 53.5 Å². The second-order valence-electron chi connectivity index (χ2n) is 7.75. The minimum atomic E-state index is -0.388. The predicted octanol–water partition coefficient (Wildman–Crippen LogP) is 4.02. The van der Waals surface area contributed by atoms with Crippen LogP contribution in [-0.2, 0) is 9.53 Å². The van der Waals surface area contributed by atoms with Gasteiger partial charge in [-0.25, -0.2) is 0 Å². The number of halogens is 1. The molecule has 2 aromatic rings. The molecule has 0 bridgehead atoms. The zero-order valence-corrected chi connectivity index (χ0v) is 18.1. The summed E-state index contributed by atoms with van der Waals surface area (Å²) in [6.07, 6.45) is 1.63. The van der Waals surface area contributed by atoms with Crippen LogP contribution in [0.1, 0.15) is 30.9 Å². The maximum absolute atomic E-state index is 13.6. The molecule has 2 aromatic carbocycles. The largest absolute Gasteiger partial charge is 0.379 e. The summed E-state index contributed by atoms with van der Waals surface area (Å²) in [7, 11) is 0. The van der Waals surface area contributed by atoms with Gasteiger partial charge in [-0.2, -0.15) is 0 Å². The molecule has 1 atom stereocenters. The predicted molar refractivity (Wildman–Crippen MR) is 122 cm³/mol. The number of ether oxygens (including phenoxy) is 1. The van der Waals surface area contributed by atoms with Gasteiger partial charge in [-0.15, -0.1) is 0 Å². The number of amides is 1. The number of fused-ring (bicyclic) bond motifs is 1. The Hall–Kier alpha value is -2.21. The number of carbonyl (C=O) groups is 1. The van der Waals surface area contributed by atoms with E-state index in [1.807, 2.05) is 53.4 Å². The highest BCUT2D eigenvalue weighted by atomic mass is 35.5. The Bertz CT molecular complexity index is 910. The Balaban J connectivity index is 1.74. The van der Waals surface area contributed by atoms with Crippen LogP contribution >= 0.6 is 11.6 Å². The first-order valence-electron chi connectivity index (χ1n) is 10.7. The van der Waals surface area contributed by atoms with Crippen LogP contribution in [0.25, 0.3) is 0 Å². The van der Waals surface area contributed by atoms with Crippen molar-refractivity contribution in [3.05, 3.63) is 64.7 Å². The Morgan fingerprint density at radius 1 is 1.10 bits per heavy atom. The van der Waals surface area contributed by atoms with E-state index in [0.29, 0.717) is 11.6 Å². The molecular formula is C24H28ClN3O2. The summed E-state index contributed by atoms with van der Waals surface area (Å²) in [5, 5.41) is 0.645. The number of morpholine rings is 1. The van der Waals surface area contributed by atoms with Crippen molar-refractivity contribution in [2.24, 2.45) is 4.99 Å². The fraction of sp³-hybridized carbons (Fsp3) is 0.417. The summed E-state index contributed by atoms with van der Waals surface area (Å²) >= 11 is 6.38. The van der Waals surface area contributed by atoms with Crippen LogP contribution in [0.5, 0.6) is 0 Å². The van der Waals surface area contributed by atoms with Crippen molar-refractivity contribution in [3.8, 4) is 0 Å². The SMILES string of the molecule is CCCC1N=C(c2ccccc2)c2cc(Cl)ccc2N(CCN2CCOCC2)C1=O. The number of benzene rings is 2. The third-order valence-electron chi connectivity index (χ3n) is 5.69. The zero-order chi connectivity index (χ0) is 20.9. The van der Waals surface area contributed by atoms with E-state index in [9.17, 15) is 4.79 Å². The van der Waals surface area contributed by atoms with Crippen molar-refractivity contribution in [3.63, 3.8) is 0 Å². The first-order valence-corrected chi connectivity index (χ1v) is 11.1. The van der Waals surface area contributed by atoms with E-state index in [2.05, 4.69) is 11.8 Å². The molecule has 1 unspecified atom stereocenters. The number of hydrogen-bond acceptors (Lipinski definition) is 4. The number of nitrogens with zero attached hydrogens (tertiary/aromatic N) is 3. The zero-order valence-electron chi connectivity index (χ0n) is 17.4. The standard InChI is InChI=1S/C24H28ClN3O2/c1-2-6-21-24(29)28(12-11-27-13-15-30-16-14-27)22-10-9-19(25)17-20(22)23(26-21)18-7-4-3-5-8-18/h3-5,7-10,17,21H,2,6,11-16H2,1H3. The van der Waals surface area contributed by atoms with Crippen molar-refractivity contribution in [1.29, 1.82) is 0 Å². The number of rotatable bonds is 6. The van der Waals surface area contributed by atoms with Crippen LogP contribution < -0.4 is 4.90 Å². The summed E-state index contributed by atoms with van der Waals surface area (Å²) in [4.78, 5) is 22.8. The van der Waals surface area contributed by atoms with Gasteiger partial charge >= 0.3 is 0 Å². The minimum Gasteiger partial charge on any atom is -0.379 e. The molecule has 1 saturated heterocycles. The van der Waals surface area contributed by atoms with Crippen LogP contribution in [0.3, 0.4) is 0 Å². The highest BCUT2D eigenvalue weighted by Gasteiger charge is 2.32. The van der Waals surface area contributed by atoms with Crippen LogP contribution in [0, 0.1) is 0 Å². The second kappa shape index (κ2) is 9.73. The summed E-state index contributed by atoms with van der Waals surface area (Å²) in [5.74, 6) is 0.0691. The first kappa shape index (κ1) is 21.0. The van der Waals surface area contributed by atoms with Crippen molar-refractivity contribution in [2.45, 2.75) is 25.8 Å². The van der Waals surface area contributed by atoms with E-state index in [4.69, 9.17) is 21.3 Å². The van der Waals surface area contributed by atoms with Gasteiger partial charge in [0.1, 0.15) is 6.04 Å². The lowest BCUT2D eigenvalue weighted by Gasteiger charge is -2.31. The average Bonchev–Trinajstić information content (AvgIpc) is 2.89. The molecule has 0 aromatic heterocycles. The Kier molecular flexibility index (Phi) is 6.82. The highest BCUT2D eigenvalue weighted by Crippen LogP contribution is 2.31. The number of aliphatic imine (C=N–C) groups is 1. The molecule has 0 radical (unpaired) electrons. The van der Waals surface area contributed by atoms with Crippen LogP contribution in [0.4, 0.5) is 5.69 Å². The lowest BCUT2D eigenvalue weighted by molar-refractivity contribution is -0.119. The number of hydrogen-bond donors (Lipinski definition) is 0. The van der Waals surface area contributed by atoms with Gasteiger partial charge in [0.25, 0.3) is 5.91 Å². The van der Waals surface area contributed by atoms with Gasteiger partial charge in [-0.1, -0.05) is 55.3 Å². The molecule has 0 aliphatic carbocycles.